The van der Waals surface area contributed by atoms with Crippen molar-refractivity contribution in [1.29, 1.82) is 0 Å². The van der Waals surface area contributed by atoms with Gasteiger partial charge in [0.1, 0.15) is 5.69 Å². The van der Waals surface area contributed by atoms with Crippen molar-refractivity contribution < 1.29 is 0 Å². The Morgan fingerprint density at radius 1 is 0.750 bits per heavy atom. The van der Waals surface area contributed by atoms with Crippen LogP contribution in [0.15, 0.2) is 83.7 Å². The molecule has 0 bridgehead atoms. The van der Waals surface area contributed by atoms with Gasteiger partial charge in [0.05, 0.1) is 11.0 Å². The van der Waals surface area contributed by atoms with Crippen LogP contribution in [0.3, 0.4) is 0 Å². The standard InChI is InChI=1S/C21H16N2O/c1-23-19-14-17(15-8-4-2-5-9-15)12-13-18(19)22-20(21(23)24)16-10-6-3-7-11-16/h2-14H,1H3. The Bertz CT molecular complexity index is 1070. The van der Waals surface area contributed by atoms with Crippen molar-refractivity contribution >= 4 is 11.0 Å². The average Bonchev–Trinajstić information content (AvgIpc) is 2.66. The lowest BCUT2D eigenvalue weighted by Crippen LogP contribution is -2.20. The summed E-state index contributed by atoms with van der Waals surface area (Å²) in [5, 5.41) is 0. The van der Waals surface area contributed by atoms with E-state index in [2.05, 4.69) is 17.1 Å². The number of aryl methyl sites for hydroxylation is 1. The number of benzene rings is 3. The van der Waals surface area contributed by atoms with E-state index in [1.165, 1.54) is 0 Å². The minimum atomic E-state index is -0.0843. The van der Waals surface area contributed by atoms with Gasteiger partial charge in [0.2, 0.25) is 0 Å². The maximum absolute atomic E-state index is 12.7. The Morgan fingerprint density at radius 2 is 1.38 bits per heavy atom. The summed E-state index contributed by atoms with van der Waals surface area (Å²) >= 11 is 0. The van der Waals surface area contributed by atoms with E-state index in [1.807, 2.05) is 66.7 Å². The van der Waals surface area contributed by atoms with Crippen LogP contribution in [-0.2, 0) is 7.05 Å². The molecule has 0 fully saturated rings. The topological polar surface area (TPSA) is 34.9 Å². The largest absolute Gasteiger partial charge is 0.308 e. The molecule has 1 heterocycles. The van der Waals surface area contributed by atoms with Crippen molar-refractivity contribution in [2.75, 3.05) is 0 Å². The van der Waals surface area contributed by atoms with Crippen LogP contribution < -0.4 is 5.56 Å². The monoisotopic (exact) mass is 312 g/mol. The SMILES string of the molecule is Cn1c(=O)c(-c2ccccc2)nc2ccc(-c3ccccc3)cc21. The van der Waals surface area contributed by atoms with Crippen molar-refractivity contribution in [2.24, 2.45) is 7.05 Å². The van der Waals surface area contributed by atoms with Gasteiger partial charge >= 0.3 is 0 Å². The molecule has 0 N–H and O–H groups in total. The van der Waals surface area contributed by atoms with E-state index in [9.17, 15) is 4.79 Å². The second-order valence-corrected chi connectivity index (χ2v) is 5.76. The molecule has 0 aliphatic carbocycles. The third kappa shape index (κ3) is 2.40. The van der Waals surface area contributed by atoms with Crippen LogP contribution in [0.5, 0.6) is 0 Å². The van der Waals surface area contributed by atoms with Gasteiger partial charge in [-0.1, -0.05) is 66.7 Å². The lowest BCUT2D eigenvalue weighted by molar-refractivity contribution is 0.896. The lowest BCUT2D eigenvalue weighted by atomic mass is 10.0. The zero-order chi connectivity index (χ0) is 16.5. The Hall–Kier alpha value is -3.20. The number of aromatic nitrogens is 2. The summed E-state index contributed by atoms with van der Waals surface area (Å²) in [5.41, 5.74) is 5.09. The minimum absolute atomic E-state index is 0.0843. The summed E-state index contributed by atoms with van der Waals surface area (Å²) in [6.45, 7) is 0. The van der Waals surface area contributed by atoms with E-state index >= 15 is 0 Å². The maximum Gasteiger partial charge on any atom is 0.277 e. The van der Waals surface area contributed by atoms with Gasteiger partial charge in [-0.2, -0.15) is 0 Å². The highest BCUT2D eigenvalue weighted by Crippen LogP contribution is 2.24. The molecular weight excluding hydrogens is 296 g/mol. The van der Waals surface area contributed by atoms with Crippen LogP contribution in [0.1, 0.15) is 0 Å². The van der Waals surface area contributed by atoms with Crippen molar-refractivity contribution in [2.45, 2.75) is 0 Å². The van der Waals surface area contributed by atoms with E-state index in [4.69, 9.17) is 0 Å². The van der Waals surface area contributed by atoms with E-state index in [0.29, 0.717) is 5.69 Å². The van der Waals surface area contributed by atoms with Gasteiger partial charge in [-0.3, -0.25) is 4.79 Å². The molecular formula is C21H16N2O. The summed E-state index contributed by atoms with van der Waals surface area (Å²) in [7, 11) is 1.80. The molecule has 0 radical (unpaired) electrons. The predicted octanol–water partition coefficient (Wildman–Crippen LogP) is 4.27. The van der Waals surface area contributed by atoms with Crippen molar-refractivity contribution in [3.05, 3.63) is 89.2 Å². The summed E-state index contributed by atoms with van der Waals surface area (Å²) < 4.78 is 1.68. The summed E-state index contributed by atoms with van der Waals surface area (Å²) in [5.74, 6) is 0. The van der Waals surface area contributed by atoms with Crippen LogP contribution in [0.4, 0.5) is 0 Å². The molecule has 4 aromatic rings. The molecule has 3 aromatic carbocycles. The molecule has 3 heteroatoms. The molecule has 0 unspecified atom stereocenters. The molecule has 3 nitrogen and oxygen atoms in total. The third-order valence-electron chi connectivity index (χ3n) is 4.23. The minimum Gasteiger partial charge on any atom is -0.308 e. The molecule has 0 atom stereocenters. The Morgan fingerprint density at radius 3 is 2.04 bits per heavy atom. The molecule has 1 aromatic heterocycles. The van der Waals surface area contributed by atoms with E-state index < -0.39 is 0 Å². The number of rotatable bonds is 2. The first-order valence-corrected chi connectivity index (χ1v) is 7.86. The Kier molecular flexibility index (Phi) is 3.47. The smallest absolute Gasteiger partial charge is 0.277 e. The number of nitrogens with zero attached hydrogens (tertiary/aromatic N) is 2. The van der Waals surface area contributed by atoms with Crippen molar-refractivity contribution in [3.63, 3.8) is 0 Å². The zero-order valence-corrected chi connectivity index (χ0v) is 13.3. The fourth-order valence-electron chi connectivity index (χ4n) is 2.92. The summed E-state index contributed by atoms with van der Waals surface area (Å²) in [6.07, 6.45) is 0. The van der Waals surface area contributed by atoms with Gasteiger partial charge in [-0.25, -0.2) is 4.98 Å². The van der Waals surface area contributed by atoms with Crippen molar-refractivity contribution in [3.8, 4) is 22.4 Å². The molecule has 0 saturated carbocycles. The molecule has 0 saturated heterocycles. The Balaban J connectivity index is 1.94. The fourth-order valence-corrected chi connectivity index (χ4v) is 2.92. The highest BCUT2D eigenvalue weighted by Gasteiger charge is 2.11. The van der Waals surface area contributed by atoms with Crippen LogP contribution in [0, 0.1) is 0 Å². The number of hydrogen-bond acceptors (Lipinski definition) is 2. The van der Waals surface area contributed by atoms with E-state index in [1.54, 1.807) is 11.6 Å². The summed E-state index contributed by atoms with van der Waals surface area (Å²) in [4.78, 5) is 17.3. The second kappa shape index (κ2) is 5.78. The average molecular weight is 312 g/mol. The number of fused-ring (bicyclic) bond motifs is 1. The highest BCUT2D eigenvalue weighted by molar-refractivity contribution is 5.83. The number of hydrogen-bond donors (Lipinski definition) is 0. The molecule has 24 heavy (non-hydrogen) atoms. The molecule has 4 rings (SSSR count). The van der Waals surface area contributed by atoms with Crippen LogP contribution in [0.2, 0.25) is 0 Å². The highest BCUT2D eigenvalue weighted by atomic mass is 16.1. The van der Waals surface area contributed by atoms with Gasteiger partial charge in [0.15, 0.2) is 0 Å². The maximum atomic E-state index is 12.7. The summed E-state index contributed by atoms with van der Waals surface area (Å²) in [6, 6.07) is 25.8. The first kappa shape index (κ1) is 14.4. The van der Waals surface area contributed by atoms with Crippen molar-refractivity contribution in [1.82, 2.24) is 9.55 Å². The van der Waals surface area contributed by atoms with E-state index in [0.717, 1.165) is 27.7 Å². The molecule has 0 spiro atoms. The normalized spacial score (nSPS) is 10.9. The molecule has 0 aliphatic rings. The molecule has 0 aliphatic heterocycles. The van der Waals surface area contributed by atoms with Gasteiger partial charge < -0.3 is 4.57 Å². The predicted molar refractivity (Wildman–Crippen MR) is 97.9 cm³/mol. The first-order chi connectivity index (χ1) is 11.7. The first-order valence-electron chi connectivity index (χ1n) is 7.86. The lowest BCUT2D eigenvalue weighted by Gasteiger charge is -2.10. The molecule has 116 valence electrons. The van der Waals surface area contributed by atoms with E-state index in [-0.39, 0.29) is 5.56 Å². The fraction of sp³-hybridized carbons (Fsp3) is 0.0476. The van der Waals surface area contributed by atoms with Gasteiger partial charge in [0.25, 0.3) is 5.56 Å². The van der Waals surface area contributed by atoms with Gasteiger partial charge in [-0.05, 0) is 23.3 Å². The van der Waals surface area contributed by atoms with Crippen LogP contribution >= 0.6 is 0 Å². The van der Waals surface area contributed by atoms with Crippen LogP contribution in [0.25, 0.3) is 33.4 Å². The van der Waals surface area contributed by atoms with Gasteiger partial charge in [0, 0.05) is 12.6 Å². The Labute approximate surface area is 139 Å². The quantitative estimate of drug-likeness (QED) is 0.554. The third-order valence-corrected chi connectivity index (χ3v) is 4.23. The zero-order valence-electron chi connectivity index (χ0n) is 13.3. The second-order valence-electron chi connectivity index (χ2n) is 5.76. The van der Waals surface area contributed by atoms with Crippen LogP contribution in [-0.4, -0.2) is 9.55 Å². The van der Waals surface area contributed by atoms with Gasteiger partial charge in [-0.15, -0.1) is 0 Å². The molecule has 0 amide bonds.